The largest absolute Gasteiger partial charge is 0.0654 e. The van der Waals surface area contributed by atoms with E-state index in [-0.39, 0.29) is 0 Å². The molecule has 102 valence electrons. The summed E-state index contributed by atoms with van der Waals surface area (Å²) in [5.74, 6) is 1.71. The lowest BCUT2D eigenvalue weighted by Gasteiger charge is -2.50. The lowest BCUT2D eigenvalue weighted by atomic mass is 9.54. The van der Waals surface area contributed by atoms with Crippen molar-refractivity contribution in [3.63, 3.8) is 0 Å². The highest BCUT2D eigenvalue weighted by Crippen LogP contribution is 2.69. The average molecular weight is 238 g/mol. The second kappa shape index (κ2) is 4.59. The first-order chi connectivity index (χ1) is 7.66. The van der Waals surface area contributed by atoms with Crippen LogP contribution in [0.1, 0.15) is 81.1 Å². The Labute approximate surface area is 110 Å². The Morgan fingerprint density at radius 3 is 1.94 bits per heavy atom. The third-order valence-electron chi connectivity index (χ3n) is 6.58. The molecule has 0 aromatic heterocycles. The fourth-order valence-corrected chi connectivity index (χ4v) is 5.02. The van der Waals surface area contributed by atoms with Crippen molar-refractivity contribution in [3.8, 4) is 0 Å². The fraction of sp³-hybridized carbons (Fsp3) is 1.00. The van der Waals surface area contributed by atoms with Crippen LogP contribution in [0, 0.1) is 28.1 Å². The van der Waals surface area contributed by atoms with Gasteiger partial charge in [-0.3, -0.25) is 0 Å². The Kier molecular flexibility index (Phi) is 4.07. The molecule has 1 rings (SSSR count). The lowest BCUT2D eigenvalue weighted by molar-refractivity contribution is -0.0165. The summed E-state index contributed by atoms with van der Waals surface area (Å²) < 4.78 is 0. The molecule has 0 heterocycles. The highest BCUT2D eigenvalue weighted by atomic mass is 14.7. The maximum absolute atomic E-state index is 2.58. The molecule has 0 N–H and O–H groups in total. The van der Waals surface area contributed by atoms with Crippen LogP contribution in [0.5, 0.6) is 0 Å². The molecule has 1 aliphatic carbocycles. The van der Waals surface area contributed by atoms with Crippen molar-refractivity contribution in [3.05, 3.63) is 0 Å². The van der Waals surface area contributed by atoms with E-state index in [1.54, 1.807) is 0 Å². The van der Waals surface area contributed by atoms with Crippen LogP contribution in [0.4, 0.5) is 0 Å². The van der Waals surface area contributed by atoms with Gasteiger partial charge in [-0.05, 0) is 47.3 Å². The van der Waals surface area contributed by atoms with Gasteiger partial charge in [0.2, 0.25) is 0 Å². The third-order valence-corrected chi connectivity index (χ3v) is 6.58. The first-order valence-electron chi connectivity index (χ1n) is 7.66. The van der Waals surface area contributed by atoms with E-state index >= 15 is 0 Å². The summed E-state index contributed by atoms with van der Waals surface area (Å²) >= 11 is 0. The molecule has 0 bridgehead atoms. The van der Waals surface area contributed by atoms with Gasteiger partial charge in [-0.1, -0.05) is 61.8 Å². The Morgan fingerprint density at radius 2 is 1.59 bits per heavy atom. The van der Waals surface area contributed by atoms with Crippen molar-refractivity contribution in [2.75, 3.05) is 0 Å². The molecule has 1 fully saturated rings. The van der Waals surface area contributed by atoms with E-state index in [2.05, 4.69) is 55.4 Å². The topological polar surface area (TPSA) is 0 Å². The standard InChI is InChI=1S/C17H34/c1-9-11-16(7)14(13(3)4)12-15(5,6)17(16,8)10-2/h13-14H,9-12H2,1-8H3. The number of hydrogen-bond donors (Lipinski definition) is 0. The summed E-state index contributed by atoms with van der Waals surface area (Å²) in [6, 6.07) is 0. The summed E-state index contributed by atoms with van der Waals surface area (Å²) in [5, 5.41) is 0. The first-order valence-corrected chi connectivity index (χ1v) is 7.66. The Morgan fingerprint density at radius 1 is 1.06 bits per heavy atom. The van der Waals surface area contributed by atoms with Crippen LogP contribution in [0.3, 0.4) is 0 Å². The lowest BCUT2D eigenvalue weighted by Crippen LogP contribution is -2.43. The van der Waals surface area contributed by atoms with Gasteiger partial charge < -0.3 is 0 Å². The predicted molar refractivity (Wildman–Crippen MR) is 78.1 cm³/mol. The highest BCUT2D eigenvalue weighted by Gasteiger charge is 2.61. The van der Waals surface area contributed by atoms with Gasteiger partial charge in [0.05, 0.1) is 0 Å². The van der Waals surface area contributed by atoms with Crippen LogP contribution in [0.15, 0.2) is 0 Å². The van der Waals surface area contributed by atoms with Crippen molar-refractivity contribution in [1.82, 2.24) is 0 Å². The Balaban J connectivity index is 3.24. The summed E-state index contributed by atoms with van der Waals surface area (Å²) in [6.07, 6.45) is 5.44. The van der Waals surface area contributed by atoms with E-state index in [4.69, 9.17) is 0 Å². The van der Waals surface area contributed by atoms with Crippen molar-refractivity contribution < 1.29 is 0 Å². The van der Waals surface area contributed by atoms with Gasteiger partial charge in [0, 0.05) is 0 Å². The normalized spacial score (nSPS) is 41.1. The molecule has 0 aliphatic heterocycles. The fourth-order valence-electron chi connectivity index (χ4n) is 5.02. The van der Waals surface area contributed by atoms with Crippen LogP contribution in [-0.2, 0) is 0 Å². The molecule has 0 spiro atoms. The summed E-state index contributed by atoms with van der Waals surface area (Å²) in [7, 11) is 0. The highest BCUT2D eigenvalue weighted by molar-refractivity contribution is 5.10. The minimum atomic E-state index is 0.487. The van der Waals surface area contributed by atoms with Gasteiger partial charge in [-0.25, -0.2) is 0 Å². The maximum Gasteiger partial charge on any atom is -0.0220 e. The second-order valence-electron chi connectivity index (χ2n) is 7.79. The van der Waals surface area contributed by atoms with Gasteiger partial charge in [-0.2, -0.15) is 0 Å². The number of hydrogen-bond acceptors (Lipinski definition) is 0. The molecule has 0 radical (unpaired) electrons. The van der Waals surface area contributed by atoms with E-state index in [0.29, 0.717) is 16.2 Å². The molecule has 3 unspecified atom stereocenters. The molecule has 3 atom stereocenters. The molecule has 0 amide bonds. The summed E-state index contributed by atoms with van der Waals surface area (Å²) in [4.78, 5) is 0. The van der Waals surface area contributed by atoms with Crippen molar-refractivity contribution in [2.45, 2.75) is 81.1 Å². The van der Waals surface area contributed by atoms with Crippen LogP contribution in [0.2, 0.25) is 0 Å². The van der Waals surface area contributed by atoms with E-state index in [1.165, 1.54) is 25.7 Å². The zero-order chi connectivity index (χ0) is 13.5. The molecular formula is C17H34. The van der Waals surface area contributed by atoms with Crippen LogP contribution in [-0.4, -0.2) is 0 Å². The van der Waals surface area contributed by atoms with Gasteiger partial charge in [-0.15, -0.1) is 0 Å². The van der Waals surface area contributed by atoms with Gasteiger partial charge >= 0.3 is 0 Å². The van der Waals surface area contributed by atoms with Crippen LogP contribution >= 0.6 is 0 Å². The van der Waals surface area contributed by atoms with Gasteiger partial charge in [0.15, 0.2) is 0 Å². The first kappa shape index (κ1) is 15.1. The minimum absolute atomic E-state index is 0.487. The zero-order valence-corrected chi connectivity index (χ0v) is 13.5. The van der Waals surface area contributed by atoms with E-state index in [0.717, 1.165) is 11.8 Å². The predicted octanol–water partition coefficient (Wildman–Crippen LogP) is 5.91. The second-order valence-corrected chi connectivity index (χ2v) is 7.79. The SMILES string of the molecule is CCCC1(C)C(C(C)C)CC(C)(C)C1(C)CC. The van der Waals surface area contributed by atoms with Gasteiger partial charge in [0.1, 0.15) is 0 Å². The molecule has 0 saturated heterocycles. The molecule has 0 aromatic rings. The van der Waals surface area contributed by atoms with Crippen molar-refractivity contribution >= 4 is 0 Å². The molecular weight excluding hydrogens is 204 g/mol. The molecule has 0 nitrogen and oxygen atoms in total. The van der Waals surface area contributed by atoms with E-state index in [9.17, 15) is 0 Å². The quantitative estimate of drug-likeness (QED) is 0.571. The molecule has 0 aromatic carbocycles. The average Bonchev–Trinajstić information content (AvgIpc) is 2.38. The van der Waals surface area contributed by atoms with Crippen LogP contribution < -0.4 is 0 Å². The van der Waals surface area contributed by atoms with Crippen molar-refractivity contribution in [2.24, 2.45) is 28.1 Å². The monoisotopic (exact) mass is 238 g/mol. The van der Waals surface area contributed by atoms with E-state index < -0.39 is 0 Å². The molecule has 1 saturated carbocycles. The van der Waals surface area contributed by atoms with Crippen molar-refractivity contribution in [1.29, 1.82) is 0 Å². The van der Waals surface area contributed by atoms with Gasteiger partial charge in [0.25, 0.3) is 0 Å². The Hall–Kier alpha value is 0. The molecule has 17 heavy (non-hydrogen) atoms. The number of rotatable bonds is 4. The molecule has 0 heteroatoms. The summed E-state index contributed by atoms with van der Waals surface area (Å²) in [5.41, 5.74) is 1.50. The third kappa shape index (κ3) is 1.96. The zero-order valence-electron chi connectivity index (χ0n) is 13.5. The smallest absolute Gasteiger partial charge is 0.0220 e. The Bertz CT molecular complexity index is 263. The summed E-state index contributed by atoms with van der Waals surface area (Å²) in [6.45, 7) is 19.8. The molecule has 1 aliphatic rings. The van der Waals surface area contributed by atoms with Crippen LogP contribution in [0.25, 0.3) is 0 Å². The maximum atomic E-state index is 2.58. The minimum Gasteiger partial charge on any atom is -0.0654 e. The van der Waals surface area contributed by atoms with E-state index in [1.807, 2.05) is 0 Å².